The van der Waals surface area contributed by atoms with E-state index in [4.69, 9.17) is 0 Å². The van der Waals surface area contributed by atoms with Gasteiger partial charge in [-0.05, 0) is 44.9 Å². The third kappa shape index (κ3) is 3.17. The van der Waals surface area contributed by atoms with Gasteiger partial charge in [0.25, 0.3) is 5.56 Å². The molecule has 0 spiro atoms. The number of aryl methyl sites for hydroxylation is 3. The fourth-order valence-corrected chi connectivity index (χ4v) is 3.03. The van der Waals surface area contributed by atoms with Crippen LogP contribution in [0.4, 0.5) is 13.2 Å². The summed E-state index contributed by atoms with van der Waals surface area (Å²) in [5.74, 6) is -1.23. The van der Waals surface area contributed by atoms with Gasteiger partial charge in [-0.25, -0.2) is 9.31 Å². The number of carbonyl (C=O) groups is 1. The molecule has 0 bridgehead atoms. The lowest BCUT2D eigenvalue weighted by Crippen LogP contribution is -2.19. The normalized spacial score (nSPS) is 11.8. The molecule has 0 amide bonds. The molecule has 2 aromatic heterocycles. The van der Waals surface area contributed by atoms with Crippen molar-refractivity contribution in [3.8, 4) is 11.3 Å². The number of alkyl halides is 3. The summed E-state index contributed by atoms with van der Waals surface area (Å²) in [6, 6.07) is 5.42. The van der Waals surface area contributed by atoms with Crippen LogP contribution in [0.5, 0.6) is 0 Å². The zero-order chi connectivity index (χ0) is 20.8. The van der Waals surface area contributed by atoms with Crippen molar-refractivity contribution in [3.05, 3.63) is 56.6 Å². The Kier molecular flexibility index (Phi) is 4.78. The zero-order valence-corrected chi connectivity index (χ0v) is 15.7. The predicted molar refractivity (Wildman–Crippen MR) is 96.4 cm³/mol. The van der Waals surface area contributed by atoms with E-state index in [1.807, 2.05) is 26.0 Å². The standard InChI is InChI=1S/C19H18F3N3O3/c1-5-28-18(27)15-13(19(20,21)22)16-17(26)23-14(11(4)25(16)24-15)12-7-6-9(2)10(3)8-12/h6-8H,5H2,1-4H3,(H,23,26). The zero-order valence-electron chi connectivity index (χ0n) is 15.7. The minimum absolute atomic E-state index is 0.118. The van der Waals surface area contributed by atoms with Gasteiger partial charge in [-0.1, -0.05) is 12.1 Å². The lowest BCUT2D eigenvalue weighted by molar-refractivity contribution is -0.136. The van der Waals surface area contributed by atoms with Gasteiger partial charge in [0, 0.05) is 5.56 Å². The molecule has 0 saturated carbocycles. The second kappa shape index (κ2) is 6.81. The van der Waals surface area contributed by atoms with Crippen LogP contribution >= 0.6 is 0 Å². The predicted octanol–water partition coefficient (Wildman–Crippen LogP) is 3.81. The van der Waals surface area contributed by atoms with Crippen LogP contribution in [-0.4, -0.2) is 27.2 Å². The molecule has 0 radical (unpaired) electrons. The van der Waals surface area contributed by atoms with Gasteiger partial charge in [0.15, 0.2) is 5.69 Å². The number of esters is 1. The fraction of sp³-hybridized carbons (Fsp3) is 0.316. The van der Waals surface area contributed by atoms with E-state index in [0.29, 0.717) is 11.3 Å². The van der Waals surface area contributed by atoms with E-state index in [1.54, 1.807) is 6.07 Å². The summed E-state index contributed by atoms with van der Waals surface area (Å²) >= 11 is 0. The van der Waals surface area contributed by atoms with E-state index >= 15 is 0 Å². The first kappa shape index (κ1) is 19.7. The molecular weight excluding hydrogens is 375 g/mol. The van der Waals surface area contributed by atoms with E-state index in [2.05, 4.69) is 14.8 Å². The van der Waals surface area contributed by atoms with E-state index < -0.39 is 34.5 Å². The van der Waals surface area contributed by atoms with Crippen LogP contribution in [0, 0.1) is 20.8 Å². The third-order valence-corrected chi connectivity index (χ3v) is 4.57. The quantitative estimate of drug-likeness (QED) is 0.687. The van der Waals surface area contributed by atoms with Crippen LogP contribution in [0.25, 0.3) is 16.8 Å². The molecule has 6 nitrogen and oxygen atoms in total. The first-order valence-electron chi connectivity index (χ1n) is 8.53. The molecule has 1 N–H and O–H groups in total. The summed E-state index contributed by atoms with van der Waals surface area (Å²) in [4.78, 5) is 27.1. The first-order valence-corrected chi connectivity index (χ1v) is 8.53. The second-order valence-corrected chi connectivity index (χ2v) is 6.42. The Hall–Kier alpha value is -3.10. The van der Waals surface area contributed by atoms with Crippen molar-refractivity contribution in [2.75, 3.05) is 6.61 Å². The molecule has 0 aliphatic carbocycles. The Morgan fingerprint density at radius 3 is 2.46 bits per heavy atom. The summed E-state index contributed by atoms with van der Waals surface area (Å²) in [7, 11) is 0. The molecule has 1 aromatic carbocycles. The number of nitrogens with one attached hydrogen (secondary N) is 1. The number of hydrogen-bond donors (Lipinski definition) is 1. The number of aromatic nitrogens is 3. The minimum atomic E-state index is -4.95. The number of nitrogens with zero attached hydrogens (tertiary/aromatic N) is 2. The van der Waals surface area contributed by atoms with Gasteiger partial charge in [-0.15, -0.1) is 0 Å². The molecule has 0 aliphatic heterocycles. The largest absolute Gasteiger partial charge is 0.461 e. The lowest BCUT2D eigenvalue weighted by Gasteiger charge is -2.11. The molecule has 2 heterocycles. The Morgan fingerprint density at radius 1 is 1.21 bits per heavy atom. The number of carbonyl (C=O) groups excluding carboxylic acids is 1. The molecule has 3 rings (SSSR count). The summed E-state index contributed by atoms with van der Waals surface area (Å²) < 4.78 is 46.4. The molecule has 0 saturated heterocycles. The number of H-pyrrole nitrogens is 1. The van der Waals surface area contributed by atoms with Gasteiger partial charge in [-0.2, -0.15) is 18.3 Å². The molecule has 148 valence electrons. The number of benzene rings is 1. The SMILES string of the molecule is CCOC(=O)c1nn2c(C)c(-c3ccc(C)c(C)c3)[nH]c(=O)c2c1C(F)(F)F. The molecular formula is C19H18F3N3O3. The summed E-state index contributed by atoms with van der Waals surface area (Å²) in [6.07, 6.45) is -4.95. The molecule has 0 aliphatic rings. The molecule has 0 unspecified atom stereocenters. The smallest absolute Gasteiger partial charge is 0.421 e. The van der Waals surface area contributed by atoms with Crippen molar-refractivity contribution in [2.24, 2.45) is 0 Å². The van der Waals surface area contributed by atoms with Gasteiger partial charge >= 0.3 is 12.1 Å². The summed E-state index contributed by atoms with van der Waals surface area (Å²) in [5, 5.41) is 3.79. The third-order valence-electron chi connectivity index (χ3n) is 4.57. The topological polar surface area (TPSA) is 76.5 Å². The second-order valence-electron chi connectivity index (χ2n) is 6.42. The number of aromatic amines is 1. The molecule has 9 heteroatoms. The number of rotatable bonds is 3. The average Bonchev–Trinajstić information content (AvgIpc) is 3.03. The fourth-order valence-electron chi connectivity index (χ4n) is 3.03. The van der Waals surface area contributed by atoms with Crippen molar-refractivity contribution in [1.82, 2.24) is 14.6 Å². The maximum Gasteiger partial charge on any atom is 0.421 e. The van der Waals surface area contributed by atoms with Crippen molar-refractivity contribution in [1.29, 1.82) is 0 Å². The first-order chi connectivity index (χ1) is 13.1. The van der Waals surface area contributed by atoms with Crippen LogP contribution < -0.4 is 5.56 Å². The lowest BCUT2D eigenvalue weighted by atomic mass is 10.0. The summed E-state index contributed by atoms with van der Waals surface area (Å²) in [5.41, 5.74) is -0.848. The van der Waals surface area contributed by atoms with Gasteiger partial charge in [0.05, 0.1) is 18.0 Å². The van der Waals surface area contributed by atoms with Gasteiger partial charge in [0.1, 0.15) is 11.1 Å². The van der Waals surface area contributed by atoms with E-state index in [1.165, 1.54) is 13.8 Å². The van der Waals surface area contributed by atoms with E-state index in [-0.39, 0.29) is 12.3 Å². The molecule has 3 aromatic rings. The van der Waals surface area contributed by atoms with Crippen molar-refractivity contribution >= 4 is 11.5 Å². The minimum Gasteiger partial charge on any atom is -0.461 e. The highest BCUT2D eigenvalue weighted by Crippen LogP contribution is 2.35. The highest BCUT2D eigenvalue weighted by atomic mass is 19.4. The van der Waals surface area contributed by atoms with Gasteiger partial charge in [-0.3, -0.25) is 4.79 Å². The van der Waals surface area contributed by atoms with Crippen LogP contribution in [0.1, 0.15) is 39.8 Å². The van der Waals surface area contributed by atoms with E-state index in [9.17, 15) is 22.8 Å². The number of ether oxygens (including phenoxy) is 1. The van der Waals surface area contributed by atoms with E-state index in [0.717, 1.165) is 15.6 Å². The summed E-state index contributed by atoms with van der Waals surface area (Å²) in [6.45, 7) is 6.69. The maximum absolute atomic E-state index is 13.6. The average molecular weight is 393 g/mol. The highest BCUT2D eigenvalue weighted by Gasteiger charge is 2.42. The van der Waals surface area contributed by atoms with Crippen LogP contribution in [0.15, 0.2) is 23.0 Å². The van der Waals surface area contributed by atoms with Crippen LogP contribution in [0.2, 0.25) is 0 Å². The Balaban J connectivity index is 2.37. The highest BCUT2D eigenvalue weighted by molar-refractivity contribution is 5.92. The molecule has 0 fully saturated rings. The van der Waals surface area contributed by atoms with Gasteiger partial charge in [0.2, 0.25) is 0 Å². The molecule has 0 atom stereocenters. The van der Waals surface area contributed by atoms with Gasteiger partial charge < -0.3 is 9.72 Å². The van der Waals surface area contributed by atoms with Crippen LogP contribution in [0.3, 0.4) is 0 Å². The Labute approximate surface area is 158 Å². The number of fused-ring (bicyclic) bond motifs is 1. The Morgan fingerprint density at radius 2 is 1.89 bits per heavy atom. The van der Waals surface area contributed by atoms with Crippen molar-refractivity contribution in [2.45, 2.75) is 33.9 Å². The number of hydrogen-bond acceptors (Lipinski definition) is 4. The monoisotopic (exact) mass is 393 g/mol. The maximum atomic E-state index is 13.6. The molecule has 28 heavy (non-hydrogen) atoms. The van der Waals surface area contributed by atoms with Crippen LogP contribution in [-0.2, 0) is 10.9 Å². The Bertz CT molecular complexity index is 1140. The van der Waals surface area contributed by atoms with Crippen molar-refractivity contribution < 1.29 is 22.7 Å². The number of halogens is 3. The van der Waals surface area contributed by atoms with Crippen molar-refractivity contribution in [3.63, 3.8) is 0 Å².